The molecule has 1 aliphatic rings. The molecule has 4 rings (SSSR count). The van der Waals surface area contributed by atoms with Crippen LogP contribution in [0.5, 0.6) is 17.2 Å². The third kappa shape index (κ3) is 8.02. The van der Waals surface area contributed by atoms with Crippen LogP contribution in [-0.4, -0.2) is 13.2 Å². The minimum Gasteiger partial charge on any atom is -0.490 e. The second-order valence-electron chi connectivity index (χ2n) is 11.4. The van der Waals surface area contributed by atoms with E-state index in [1.165, 1.54) is 30.3 Å². The summed E-state index contributed by atoms with van der Waals surface area (Å²) in [7, 11) is 0. The maximum Gasteiger partial charge on any atom is 0.204 e. The van der Waals surface area contributed by atoms with Crippen LogP contribution in [0.15, 0.2) is 36.4 Å². The summed E-state index contributed by atoms with van der Waals surface area (Å²) in [5.74, 6) is -7.88. The van der Waals surface area contributed by atoms with Crippen molar-refractivity contribution in [3.8, 4) is 17.2 Å². The van der Waals surface area contributed by atoms with Gasteiger partial charge in [0.25, 0.3) is 0 Å². The van der Waals surface area contributed by atoms with E-state index in [1.54, 1.807) is 6.07 Å². The zero-order valence-electron chi connectivity index (χ0n) is 25.3. The van der Waals surface area contributed by atoms with Crippen molar-refractivity contribution in [3.05, 3.63) is 88.0 Å². The average Bonchev–Trinajstić information content (AvgIpc) is 3.03. The van der Waals surface area contributed by atoms with Gasteiger partial charge in [-0.25, -0.2) is 13.2 Å². The van der Waals surface area contributed by atoms with Crippen molar-refractivity contribution in [3.63, 3.8) is 0 Å². The molecule has 1 saturated carbocycles. The monoisotopic (exact) mass is 622 g/mol. The highest BCUT2D eigenvalue weighted by Crippen LogP contribution is 2.43. The molecular weight excluding hydrogens is 582 g/mol. The normalized spacial score (nSPS) is 16.6. The maximum atomic E-state index is 15.2. The van der Waals surface area contributed by atoms with Crippen LogP contribution in [0, 0.1) is 34.9 Å². The molecule has 240 valence electrons. The molecule has 0 saturated heterocycles. The molecule has 0 bridgehead atoms. The summed E-state index contributed by atoms with van der Waals surface area (Å²) in [4.78, 5) is 0. The van der Waals surface area contributed by atoms with Crippen LogP contribution in [0.25, 0.3) is 0 Å². The third-order valence-electron chi connectivity index (χ3n) is 8.28. The van der Waals surface area contributed by atoms with Gasteiger partial charge in [-0.1, -0.05) is 57.7 Å². The molecule has 3 nitrogen and oxygen atoms in total. The summed E-state index contributed by atoms with van der Waals surface area (Å²) in [5.41, 5.74) is 0.307. The minimum absolute atomic E-state index is 0.109. The van der Waals surface area contributed by atoms with Crippen LogP contribution in [-0.2, 0) is 6.61 Å². The molecule has 0 aliphatic heterocycles. The zero-order valence-corrected chi connectivity index (χ0v) is 25.3. The highest BCUT2D eigenvalue weighted by atomic mass is 19.2. The quantitative estimate of drug-likeness (QED) is 0.125. The van der Waals surface area contributed by atoms with Crippen molar-refractivity contribution in [1.29, 1.82) is 0 Å². The first-order valence-electron chi connectivity index (χ1n) is 15.6. The van der Waals surface area contributed by atoms with Crippen LogP contribution in [0.1, 0.15) is 107 Å². The van der Waals surface area contributed by atoms with E-state index in [0.29, 0.717) is 32.3 Å². The van der Waals surface area contributed by atoms with Crippen LogP contribution in [0.2, 0.25) is 0 Å². The Morgan fingerprint density at radius 2 is 0.955 bits per heavy atom. The van der Waals surface area contributed by atoms with E-state index in [0.717, 1.165) is 38.5 Å². The molecule has 0 unspecified atom stereocenters. The largest absolute Gasteiger partial charge is 0.490 e. The van der Waals surface area contributed by atoms with Crippen LogP contribution >= 0.6 is 0 Å². The van der Waals surface area contributed by atoms with Gasteiger partial charge in [-0.05, 0) is 79.7 Å². The van der Waals surface area contributed by atoms with E-state index in [9.17, 15) is 17.6 Å². The summed E-state index contributed by atoms with van der Waals surface area (Å²) in [5, 5.41) is 0. The summed E-state index contributed by atoms with van der Waals surface area (Å²) in [6.07, 6.45) is 7.21. The van der Waals surface area contributed by atoms with Crippen molar-refractivity contribution in [2.24, 2.45) is 0 Å². The molecule has 9 heteroatoms. The Morgan fingerprint density at radius 3 is 1.52 bits per heavy atom. The van der Waals surface area contributed by atoms with E-state index >= 15 is 8.78 Å². The molecule has 0 aromatic heterocycles. The van der Waals surface area contributed by atoms with Gasteiger partial charge in [0.2, 0.25) is 17.5 Å². The standard InChI is InChI=1S/C35H40F6O3/c1-3-5-7-8-20-43-28-17-18-29(35(41)34(28)40)44-21-24-13-14-25(31(37)30(24)36)22-9-11-23(12-10-22)26-15-16-27(33(39)32(26)38)42-19-6-4-2/h13-18,22-23H,3-12,19-21H2,1-2H3. The van der Waals surface area contributed by atoms with Gasteiger partial charge >= 0.3 is 0 Å². The fourth-order valence-electron chi connectivity index (χ4n) is 5.65. The van der Waals surface area contributed by atoms with Gasteiger partial charge in [-0.2, -0.15) is 13.2 Å². The summed E-state index contributed by atoms with van der Waals surface area (Å²) in [6, 6.07) is 8.28. The molecular formula is C35H40F6O3. The fraction of sp³-hybridized carbons (Fsp3) is 0.486. The van der Waals surface area contributed by atoms with E-state index < -0.39 is 47.3 Å². The summed E-state index contributed by atoms with van der Waals surface area (Å²) >= 11 is 0. The Bertz CT molecular complexity index is 1390. The number of unbranched alkanes of at least 4 members (excludes halogenated alkanes) is 4. The lowest BCUT2D eigenvalue weighted by Gasteiger charge is -2.30. The van der Waals surface area contributed by atoms with Crippen molar-refractivity contribution >= 4 is 0 Å². The predicted octanol–water partition coefficient (Wildman–Crippen LogP) is 10.7. The first kappa shape index (κ1) is 33.5. The molecule has 1 aliphatic carbocycles. The maximum absolute atomic E-state index is 15.2. The van der Waals surface area contributed by atoms with E-state index in [4.69, 9.17) is 14.2 Å². The van der Waals surface area contributed by atoms with Crippen LogP contribution in [0.4, 0.5) is 26.3 Å². The van der Waals surface area contributed by atoms with Gasteiger partial charge in [-0.3, -0.25) is 0 Å². The van der Waals surface area contributed by atoms with E-state index in [1.807, 2.05) is 6.92 Å². The third-order valence-corrected chi connectivity index (χ3v) is 8.28. The number of halogens is 6. The molecule has 0 spiro atoms. The lowest BCUT2D eigenvalue weighted by atomic mass is 9.75. The van der Waals surface area contributed by atoms with E-state index in [-0.39, 0.29) is 46.6 Å². The lowest BCUT2D eigenvalue weighted by molar-refractivity contribution is 0.262. The topological polar surface area (TPSA) is 27.7 Å². The van der Waals surface area contributed by atoms with Gasteiger partial charge in [0.15, 0.2) is 34.7 Å². The average molecular weight is 623 g/mol. The Kier molecular flexibility index (Phi) is 12.3. The molecule has 3 aromatic rings. The smallest absolute Gasteiger partial charge is 0.204 e. The van der Waals surface area contributed by atoms with Crippen molar-refractivity contribution in [2.45, 2.75) is 96.5 Å². The second kappa shape index (κ2) is 16.1. The lowest BCUT2D eigenvalue weighted by Crippen LogP contribution is -2.16. The SMILES string of the molecule is CCCCCCOc1ccc(OCc2ccc(C3CCC(c4ccc(OCCCC)c(F)c4F)CC3)c(F)c2F)c(F)c1F. The molecule has 44 heavy (non-hydrogen) atoms. The fourth-order valence-corrected chi connectivity index (χ4v) is 5.65. The molecule has 0 amide bonds. The summed E-state index contributed by atoms with van der Waals surface area (Å²) in [6.45, 7) is 4.10. The highest BCUT2D eigenvalue weighted by molar-refractivity contribution is 5.36. The van der Waals surface area contributed by atoms with Crippen molar-refractivity contribution in [2.75, 3.05) is 13.2 Å². The molecule has 3 aromatic carbocycles. The molecule has 0 radical (unpaired) electrons. The Balaban J connectivity index is 1.35. The Morgan fingerprint density at radius 1 is 0.500 bits per heavy atom. The number of benzene rings is 3. The predicted molar refractivity (Wildman–Crippen MR) is 157 cm³/mol. The Labute approximate surface area is 255 Å². The number of ether oxygens (including phenoxy) is 3. The first-order valence-corrected chi connectivity index (χ1v) is 15.6. The van der Waals surface area contributed by atoms with Gasteiger partial charge in [0.1, 0.15) is 6.61 Å². The minimum atomic E-state index is -1.26. The van der Waals surface area contributed by atoms with Crippen molar-refractivity contribution in [1.82, 2.24) is 0 Å². The van der Waals surface area contributed by atoms with Gasteiger partial charge in [-0.15, -0.1) is 0 Å². The van der Waals surface area contributed by atoms with Gasteiger partial charge in [0.05, 0.1) is 13.2 Å². The summed E-state index contributed by atoms with van der Waals surface area (Å²) < 4.78 is 105. The number of hydrogen-bond donors (Lipinski definition) is 0. The first-order chi connectivity index (χ1) is 21.3. The van der Waals surface area contributed by atoms with Crippen LogP contribution in [0.3, 0.4) is 0 Å². The molecule has 0 atom stereocenters. The van der Waals surface area contributed by atoms with Crippen LogP contribution < -0.4 is 14.2 Å². The number of hydrogen-bond acceptors (Lipinski definition) is 3. The molecule has 0 heterocycles. The van der Waals surface area contributed by atoms with Gasteiger partial charge in [0, 0.05) is 5.56 Å². The zero-order chi connectivity index (χ0) is 31.6. The number of rotatable bonds is 15. The highest BCUT2D eigenvalue weighted by Gasteiger charge is 2.30. The van der Waals surface area contributed by atoms with Gasteiger partial charge < -0.3 is 14.2 Å². The Hall–Kier alpha value is -3.36. The van der Waals surface area contributed by atoms with E-state index in [2.05, 4.69) is 6.92 Å². The van der Waals surface area contributed by atoms with Crippen molar-refractivity contribution < 1.29 is 40.6 Å². The molecule has 0 N–H and O–H groups in total. The molecule has 1 fully saturated rings. The second-order valence-corrected chi connectivity index (χ2v) is 11.4.